The molecule has 1 aliphatic rings. The van der Waals surface area contributed by atoms with Gasteiger partial charge in [0.2, 0.25) is 0 Å². The lowest BCUT2D eigenvalue weighted by Gasteiger charge is -2.30. The molecule has 0 aliphatic carbocycles. The number of nitrogens with one attached hydrogen (secondary N) is 1. The molecule has 0 aromatic heterocycles. The molecule has 19 heavy (non-hydrogen) atoms. The third kappa shape index (κ3) is 3.36. The highest BCUT2D eigenvalue weighted by Gasteiger charge is 2.63. The van der Waals surface area contributed by atoms with Crippen molar-refractivity contribution in [3.63, 3.8) is 0 Å². The van der Waals surface area contributed by atoms with Crippen LogP contribution in [0.15, 0.2) is 24.4 Å². The van der Waals surface area contributed by atoms with Gasteiger partial charge in [-0.3, -0.25) is 20.2 Å². The summed E-state index contributed by atoms with van der Waals surface area (Å²) in [6.07, 6.45) is -12.7. The maximum atomic E-state index is 12.3. The average Bonchev–Trinajstić information content (AvgIpc) is 2.24. The van der Waals surface area contributed by atoms with Gasteiger partial charge in [-0.15, -0.1) is 0 Å². The van der Waals surface area contributed by atoms with E-state index in [0.29, 0.717) is 6.08 Å². The number of alkyl halides is 6. The van der Waals surface area contributed by atoms with Crippen molar-refractivity contribution in [3.05, 3.63) is 34.5 Å². The molecule has 0 aromatic carbocycles. The van der Waals surface area contributed by atoms with Gasteiger partial charge in [-0.25, -0.2) is 0 Å². The Bertz CT molecular complexity index is 402. The number of halogens is 6. The van der Waals surface area contributed by atoms with Gasteiger partial charge in [-0.05, 0) is 6.08 Å². The zero-order valence-corrected chi connectivity index (χ0v) is 8.83. The summed E-state index contributed by atoms with van der Waals surface area (Å²) in [6, 6.07) is 0. The van der Waals surface area contributed by atoms with Crippen LogP contribution >= 0.6 is 0 Å². The fourth-order valence-corrected chi connectivity index (χ4v) is 1.19. The van der Waals surface area contributed by atoms with Gasteiger partial charge in [0.15, 0.2) is 0 Å². The van der Waals surface area contributed by atoms with E-state index in [1.54, 1.807) is 5.32 Å². The van der Waals surface area contributed by atoms with Crippen molar-refractivity contribution in [1.82, 2.24) is 5.32 Å². The average molecular weight is 292 g/mol. The van der Waals surface area contributed by atoms with Crippen LogP contribution in [0.1, 0.15) is 0 Å². The first kappa shape index (κ1) is 15.3. The third-order valence-corrected chi connectivity index (χ3v) is 1.98. The number of rotatable bonds is 3. The van der Waals surface area contributed by atoms with Gasteiger partial charge >= 0.3 is 18.2 Å². The van der Waals surface area contributed by atoms with Crippen LogP contribution in [0, 0.1) is 10.1 Å². The molecule has 1 atom stereocenters. The van der Waals surface area contributed by atoms with Gasteiger partial charge in [0, 0.05) is 12.3 Å². The monoisotopic (exact) mass is 292 g/mol. The van der Waals surface area contributed by atoms with Crippen molar-refractivity contribution in [2.24, 2.45) is 0 Å². The quantitative estimate of drug-likeness (QED) is 0.374. The smallest absolute Gasteiger partial charge is 0.299 e. The summed E-state index contributed by atoms with van der Waals surface area (Å²) in [5, 5.41) is 12.4. The Morgan fingerprint density at radius 3 is 2.00 bits per heavy atom. The number of hydrogen-bond acceptors (Lipinski definition) is 4. The highest BCUT2D eigenvalue weighted by Crippen LogP contribution is 2.38. The summed E-state index contributed by atoms with van der Waals surface area (Å²) in [5.74, 6) is -3.12. The van der Waals surface area contributed by atoms with Crippen LogP contribution in [-0.4, -0.2) is 29.2 Å². The molecule has 11 heteroatoms. The molecule has 0 amide bonds. The largest absolute Gasteiger partial charge is 0.428 e. The van der Waals surface area contributed by atoms with Gasteiger partial charge < -0.3 is 0 Å². The van der Waals surface area contributed by atoms with E-state index in [0.717, 1.165) is 18.4 Å². The Labute approximate surface area is 101 Å². The zero-order chi connectivity index (χ0) is 14.9. The minimum absolute atomic E-state index is 0.442. The van der Waals surface area contributed by atoms with Crippen molar-refractivity contribution in [1.29, 1.82) is 0 Å². The molecule has 0 aromatic rings. The van der Waals surface area contributed by atoms with Crippen LogP contribution in [0.25, 0.3) is 0 Å². The molecule has 0 bridgehead atoms. The normalized spacial score (nSPS) is 23.5. The summed E-state index contributed by atoms with van der Waals surface area (Å²) in [6.45, 7) is 0. The lowest BCUT2D eigenvalue weighted by Crippen LogP contribution is -2.58. The van der Waals surface area contributed by atoms with Gasteiger partial charge in [0.1, 0.15) is 0 Å². The van der Waals surface area contributed by atoms with E-state index in [1.807, 2.05) is 0 Å². The van der Waals surface area contributed by atoms with E-state index in [-0.39, 0.29) is 0 Å². The number of ether oxygens (including phenoxy) is 1. The molecule has 1 unspecified atom stereocenters. The topological polar surface area (TPSA) is 64.4 Å². The standard InChI is InChI=1S/C8H6F6N2O3/c9-7(10,11)5(8(12,13)14)19-6(16(17)18)3-1-2-4-15-6/h1-5,15H. The molecule has 0 spiro atoms. The number of nitrogens with zero attached hydrogens (tertiary/aromatic N) is 1. The Balaban J connectivity index is 3.10. The van der Waals surface area contributed by atoms with E-state index in [4.69, 9.17) is 0 Å². The van der Waals surface area contributed by atoms with Gasteiger partial charge in [-0.2, -0.15) is 26.3 Å². The summed E-state index contributed by atoms with van der Waals surface area (Å²) >= 11 is 0. The number of hydrogen-bond donors (Lipinski definition) is 1. The first-order valence-electron chi connectivity index (χ1n) is 4.57. The van der Waals surface area contributed by atoms with E-state index in [2.05, 4.69) is 4.74 Å². The fourth-order valence-electron chi connectivity index (χ4n) is 1.19. The predicted octanol–water partition coefficient (Wildman–Crippen LogP) is 2.10. The Kier molecular flexibility index (Phi) is 3.79. The first-order valence-corrected chi connectivity index (χ1v) is 4.57. The molecule has 1 N–H and O–H groups in total. The molecule has 1 heterocycles. The maximum absolute atomic E-state index is 12.3. The van der Waals surface area contributed by atoms with Crippen molar-refractivity contribution in [2.75, 3.05) is 0 Å². The highest BCUT2D eigenvalue weighted by atomic mass is 19.4. The Hall–Kier alpha value is -1.78. The van der Waals surface area contributed by atoms with Gasteiger partial charge in [0.25, 0.3) is 6.10 Å². The van der Waals surface area contributed by atoms with Crippen LogP contribution in [0.3, 0.4) is 0 Å². The second-order valence-corrected chi connectivity index (χ2v) is 3.40. The molecule has 1 rings (SSSR count). The van der Waals surface area contributed by atoms with Crippen molar-refractivity contribution in [3.8, 4) is 0 Å². The van der Waals surface area contributed by atoms with Crippen LogP contribution in [0.4, 0.5) is 26.3 Å². The highest BCUT2D eigenvalue weighted by molar-refractivity contribution is 5.13. The minimum Gasteiger partial charge on any atom is -0.299 e. The van der Waals surface area contributed by atoms with Gasteiger partial charge in [-0.1, -0.05) is 6.08 Å². The van der Waals surface area contributed by atoms with Crippen molar-refractivity contribution >= 4 is 0 Å². The Morgan fingerprint density at radius 2 is 1.68 bits per heavy atom. The molecule has 0 radical (unpaired) electrons. The molecule has 108 valence electrons. The van der Waals surface area contributed by atoms with E-state index in [1.165, 1.54) is 0 Å². The molecule has 0 saturated carbocycles. The number of allylic oxidation sites excluding steroid dienone is 2. The third-order valence-electron chi connectivity index (χ3n) is 1.98. The first-order chi connectivity index (χ1) is 8.49. The van der Waals surface area contributed by atoms with Crippen LogP contribution in [0.5, 0.6) is 0 Å². The minimum atomic E-state index is -5.84. The van der Waals surface area contributed by atoms with Gasteiger partial charge in [0.05, 0.1) is 4.92 Å². The van der Waals surface area contributed by atoms with E-state index < -0.39 is 29.2 Å². The molecule has 0 fully saturated rings. The zero-order valence-electron chi connectivity index (χ0n) is 8.83. The van der Waals surface area contributed by atoms with Crippen molar-refractivity contribution < 1.29 is 36.0 Å². The maximum Gasteiger partial charge on any atom is 0.428 e. The van der Waals surface area contributed by atoms with Crippen molar-refractivity contribution in [2.45, 2.75) is 24.3 Å². The lowest BCUT2D eigenvalue weighted by atomic mass is 10.2. The predicted molar refractivity (Wildman–Crippen MR) is 48.1 cm³/mol. The van der Waals surface area contributed by atoms with E-state index in [9.17, 15) is 36.5 Å². The number of nitro groups is 1. The molecule has 1 aliphatic heterocycles. The van der Waals surface area contributed by atoms with E-state index >= 15 is 0 Å². The lowest BCUT2D eigenvalue weighted by molar-refractivity contribution is -0.633. The SMILES string of the molecule is O=[N+]([O-])C1(OC(C(F)(F)F)C(F)(F)F)C=CC=CN1. The number of dihydropyridines is 1. The Morgan fingerprint density at radius 1 is 1.16 bits per heavy atom. The molecule has 5 nitrogen and oxygen atoms in total. The van der Waals surface area contributed by atoms with Crippen LogP contribution in [-0.2, 0) is 4.74 Å². The second kappa shape index (κ2) is 4.72. The fraction of sp³-hybridized carbons (Fsp3) is 0.500. The van der Waals surface area contributed by atoms with Crippen LogP contribution < -0.4 is 5.32 Å². The van der Waals surface area contributed by atoms with Crippen LogP contribution in [0.2, 0.25) is 0 Å². The molecular weight excluding hydrogens is 286 g/mol. The summed E-state index contributed by atoms with van der Waals surface area (Å²) in [7, 11) is 0. The summed E-state index contributed by atoms with van der Waals surface area (Å²) in [5.41, 5.74) is 0. The molecular formula is C8H6F6N2O3. The summed E-state index contributed by atoms with van der Waals surface area (Å²) < 4.78 is 77.3. The second-order valence-electron chi connectivity index (χ2n) is 3.40. The molecule has 0 saturated heterocycles. The summed E-state index contributed by atoms with van der Waals surface area (Å²) in [4.78, 5) is 9.23.